The van der Waals surface area contributed by atoms with Gasteiger partial charge in [0.15, 0.2) is 5.76 Å². The largest absolute Gasteiger partial charge is 0.456 e. The van der Waals surface area contributed by atoms with Crippen molar-refractivity contribution in [3.05, 3.63) is 51.3 Å². The second-order valence-corrected chi connectivity index (χ2v) is 4.67. The van der Waals surface area contributed by atoms with E-state index in [1.807, 2.05) is 0 Å². The van der Waals surface area contributed by atoms with E-state index in [0.29, 0.717) is 20.9 Å². The van der Waals surface area contributed by atoms with Gasteiger partial charge < -0.3 is 9.73 Å². The van der Waals surface area contributed by atoms with Crippen molar-refractivity contribution in [1.29, 1.82) is 0 Å². The average Bonchev–Trinajstić information content (AvgIpc) is 2.72. The summed E-state index contributed by atoms with van der Waals surface area (Å²) in [6.45, 7) is 1.78. The summed E-state index contributed by atoms with van der Waals surface area (Å²) in [5.74, 6) is 0.663. The number of carbonyl (C=O) groups is 1. The smallest absolute Gasteiger partial charge is 0.291 e. The summed E-state index contributed by atoms with van der Waals surface area (Å²) in [6, 6.07) is 8.61. The summed E-state index contributed by atoms with van der Waals surface area (Å²) < 4.78 is 5.88. The zero-order chi connectivity index (χ0) is 12.4. The standard InChI is InChI=1S/C12H9BrClNO2/c1-7-5-6-10(17-7)12(16)15-9-4-2-3-8(14)11(9)13/h2-6H,1H3,(H,15,16). The summed E-state index contributed by atoms with van der Waals surface area (Å²) in [5, 5.41) is 3.26. The van der Waals surface area contributed by atoms with Crippen LogP contribution in [-0.2, 0) is 0 Å². The molecular weight excluding hydrogens is 305 g/mol. The van der Waals surface area contributed by atoms with Crippen molar-refractivity contribution < 1.29 is 9.21 Å². The topological polar surface area (TPSA) is 42.2 Å². The summed E-state index contributed by atoms with van der Waals surface area (Å²) in [6.07, 6.45) is 0. The Hall–Kier alpha value is -1.26. The predicted octanol–water partition coefficient (Wildman–Crippen LogP) is 4.26. The third kappa shape index (κ3) is 2.70. The lowest BCUT2D eigenvalue weighted by Gasteiger charge is -2.06. The molecule has 1 heterocycles. The van der Waals surface area contributed by atoms with Crippen LogP contribution < -0.4 is 5.32 Å². The fourth-order valence-corrected chi connectivity index (χ4v) is 1.88. The van der Waals surface area contributed by atoms with Crippen molar-refractivity contribution in [3.63, 3.8) is 0 Å². The van der Waals surface area contributed by atoms with Gasteiger partial charge >= 0.3 is 0 Å². The number of rotatable bonds is 2. The third-order valence-corrected chi connectivity index (χ3v) is 3.56. The normalized spacial score (nSPS) is 10.3. The first-order valence-electron chi connectivity index (χ1n) is 4.90. The number of hydrogen-bond acceptors (Lipinski definition) is 2. The Balaban J connectivity index is 2.21. The number of hydrogen-bond donors (Lipinski definition) is 1. The maximum atomic E-state index is 11.8. The van der Waals surface area contributed by atoms with E-state index in [0.717, 1.165) is 0 Å². The summed E-state index contributed by atoms with van der Waals surface area (Å²) in [5.41, 5.74) is 0.608. The SMILES string of the molecule is Cc1ccc(C(=O)Nc2cccc(Cl)c2Br)o1. The zero-order valence-corrected chi connectivity index (χ0v) is 11.3. The molecule has 0 spiro atoms. The molecule has 1 aromatic heterocycles. The van der Waals surface area contributed by atoms with Crippen molar-refractivity contribution in [3.8, 4) is 0 Å². The highest BCUT2D eigenvalue weighted by atomic mass is 79.9. The van der Waals surface area contributed by atoms with Gasteiger partial charge in [0.1, 0.15) is 5.76 Å². The molecule has 3 nitrogen and oxygen atoms in total. The number of halogens is 2. The highest BCUT2D eigenvalue weighted by molar-refractivity contribution is 9.10. The second-order valence-electron chi connectivity index (χ2n) is 3.47. The van der Waals surface area contributed by atoms with Crippen molar-refractivity contribution in [2.45, 2.75) is 6.92 Å². The van der Waals surface area contributed by atoms with Gasteiger partial charge in [-0.2, -0.15) is 0 Å². The molecule has 0 aliphatic heterocycles. The van der Waals surface area contributed by atoms with Gasteiger partial charge in [0.05, 0.1) is 15.2 Å². The van der Waals surface area contributed by atoms with Crippen LogP contribution in [0, 0.1) is 6.92 Å². The molecule has 1 amide bonds. The van der Waals surface area contributed by atoms with Crippen LogP contribution in [0.15, 0.2) is 39.2 Å². The van der Waals surface area contributed by atoms with E-state index >= 15 is 0 Å². The Bertz CT molecular complexity index is 565. The Kier molecular flexibility index (Phi) is 3.54. The van der Waals surface area contributed by atoms with Gasteiger partial charge in [0.2, 0.25) is 0 Å². The first-order valence-corrected chi connectivity index (χ1v) is 6.07. The molecule has 17 heavy (non-hydrogen) atoms. The van der Waals surface area contributed by atoms with Crippen molar-refractivity contribution in [1.82, 2.24) is 0 Å². The molecule has 0 fully saturated rings. The van der Waals surface area contributed by atoms with Gasteiger partial charge in [-0.15, -0.1) is 0 Å². The van der Waals surface area contributed by atoms with E-state index in [9.17, 15) is 4.79 Å². The molecule has 1 N–H and O–H groups in total. The van der Waals surface area contributed by atoms with Crippen LogP contribution in [0.2, 0.25) is 5.02 Å². The van der Waals surface area contributed by atoms with Crippen molar-refractivity contribution in [2.24, 2.45) is 0 Å². The molecule has 0 saturated carbocycles. The molecule has 2 aromatic rings. The fraction of sp³-hybridized carbons (Fsp3) is 0.0833. The van der Waals surface area contributed by atoms with Gasteiger partial charge in [0.25, 0.3) is 5.91 Å². The van der Waals surface area contributed by atoms with Gasteiger partial charge in [0, 0.05) is 0 Å². The van der Waals surface area contributed by atoms with E-state index in [2.05, 4.69) is 21.2 Å². The molecule has 0 unspecified atom stereocenters. The Morgan fingerprint density at radius 3 is 2.76 bits per heavy atom. The number of amides is 1. The Morgan fingerprint density at radius 2 is 2.12 bits per heavy atom. The molecule has 88 valence electrons. The van der Waals surface area contributed by atoms with Gasteiger partial charge in [-0.1, -0.05) is 17.7 Å². The fourth-order valence-electron chi connectivity index (χ4n) is 1.34. The average molecular weight is 315 g/mol. The monoisotopic (exact) mass is 313 g/mol. The Morgan fingerprint density at radius 1 is 1.35 bits per heavy atom. The molecule has 5 heteroatoms. The number of carbonyl (C=O) groups excluding carboxylic acids is 1. The van der Waals surface area contributed by atoms with Crippen LogP contribution in [0.5, 0.6) is 0 Å². The van der Waals surface area contributed by atoms with Crippen molar-refractivity contribution >= 4 is 39.1 Å². The van der Waals surface area contributed by atoms with E-state index in [1.165, 1.54) is 0 Å². The molecule has 0 bridgehead atoms. The minimum atomic E-state index is -0.305. The van der Waals surface area contributed by atoms with Crippen molar-refractivity contribution in [2.75, 3.05) is 5.32 Å². The number of nitrogens with one attached hydrogen (secondary N) is 1. The summed E-state index contributed by atoms with van der Waals surface area (Å²) in [4.78, 5) is 11.8. The highest BCUT2D eigenvalue weighted by Crippen LogP contribution is 2.30. The minimum Gasteiger partial charge on any atom is -0.456 e. The summed E-state index contributed by atoms with van der Waals surface area (Å²) >= 11 is 9.23. The minimum absolute atomic E-state index is 0.273. The zero-order valence-electron chi connectivity index (χ0n) is 8.96. The van der Waals surface area contributed by atoms with Crippen LogP contribution in [0.3, 0.4) is 0 Å². The lowest BCUT2D eigenvalue weighted by Crippen LogP contribution is -2.11. The number of benzene rings is 1. The van der Waals surface area contributed by atoms with Crippen LogP contribution in [0.4, 0.5) is 5.69 Å². The lowest BCUT2D eigenvalue weighted by molar-refractivity contribution is 0.0995. The predicted molar refractivity (Wildman–Crippen MR) is 70.6 cm³/mol. The van der Waals surface area contributed by atoms with Crippen LogP contribution >= 0.6 is 27.5 Å². The molecule has 0 saturated heterocycles. The molecule has 0 aliphatic carbocycles. The number of furan rings is 1. The van der Waals surface area contributed by atoms with Gasteiger partial charge in [-0.25, -0.2) is 0 Å². The molecule has 0 radical (unpaired) electrons. The first kappa shape index (κ1) is 12.2. The third-order valence-electron chi connectivity index (χ3n) is 2.16. The van der Waals surface area contributed by atoms with Crippen LogP contribution in [-0.4, -0.2) is 5.91 Å². The molecule has 1 aromatic carbocycles. The molecule has 0 aliphatic rings. The maximum Gasteiger partial charge on any atom is 0.291 e. The highest BCUT2D eigenvalue weighted by Gasteiger charge is 2.12. The molecule has 0 atom stereocenters. The van der Waals surface area contributed by atoms with Gasteiger partial charge in [-0.05, 0) is 47.1 Å². The van der Waals surface area contributed by atoms with Crippen LogP contribution in [0.1, 0.15) is 16.3 Å². The maximum absolute atomic E-state index is 11.8. The molecule has 2 rings (SSSR count). The summed E-state index contributed by atoms with van der Waals surface area (Å²) in [7, 11) is 0. The van der Waals surface area contributed by atoms with Crippen LogP contribution in [0.25, 0.3) is 0 Å². The second kappa shape index (κ2) is 4.94. The van der Waals surface area contributed by atoms with E-state index in [1.54, 1.807) is 37.3 Å². The molecular formula is C12H9BrClNO2. The Labute approximate surface area is 112 Å². The quantitative estimate of drug-likeness (QED) is 0.900. The lowest BCUT2D eigenvalue weighted by atomic mass is 10.3. The van der Waals surface area contributed by atoms with E-state index < -0.39 is 0 Å². The number of aryl methyl sites for hydroxylation is 1. The number of anilines is 1. The first-order chi connectivity index (χ1) is 8.08. The van der Waals surface area contributed by atoms with E-state index in [-0.39, 0.29) is 11.7 Å². The van der Waals surface area contributed by atoms with Gasteiger partial charge in [-0.3, -0.25) is 4.79 Å². The van der Waals surface area contributed by atoms with E-state index in [4.69, 9.17) is 16.0 Å².